The molecule has 4 rings (SSSR count). The number of nitrogens with two attached hydrogens (primary N) is 1. The van der Waals surface area contributed by atoms with E-state index in [-0.39, 0.29) is 11.8 Å². The molecule has 2 N–H and O–H groups in total. The van der Waals surface area contributed by atoms with Gasteiger partial charge in [-0.3, -0.25) is 4.79 Å². The van der Waals surface area contributed by atoms with Crippen LogP contribution in [0.1, 0.15) is 40.5 Å². The van der Waals surface area contributed by atoms with Crippen molar-refractivity contribution in [3.8, 4) is 16.2 Å². The quantitative estimate of drug-likeness (QED) is 0.471. The molecule has 2 aromatic heterocycles. The third-order valence-electron chi connectivity index (χ3n) is 4.70. The third kappa shape index (κ3) is 4.19. The zero-order chi connectivity index (χ0) is 21.3. The maximum Gasteiger partial charge on any atom is 0.269 e. The Labute approximate surface area is 179 Å². The van der Waals surface area contributed by atoms with Crippen LogP contribution in [0.3, 0.4) is 0 Å². The molecule has 1 amide bonds. The minimum absolute atomic E-state index is 0.144. The highest BCUT2D eigenvalue weighted by molar-refractivity contribution is 7.15. The molecule has 0 aliphatic carbocycles. The average molecular weight is 418 g/mol. The number of ether oxygens (including phenoxy) is 1. The molecule has 2 heterocycles. The Morgan fingerprint density at radius 3 is 2.47 bits per heavy atom. The summed E-state index contributed by atoms with van der Waals surface area (Å²) in [6.07, 6.45) is 0.652. The molecule has 0 bridgehead atoms. The first-order chi connectivity index (χ1) is 14.4. The molecule has 0 unspecified atom stereocenters. The van der Waals surface area contributed by atoms with Gasteiger partial charge in [0.1, 0.15) is 5.75 Å². The maximum atomic E-state index is 11.9. The molecule has 0 radical (unpaired) electrons. The number of nitrogens with zero attached hydrogens (tertiary/aromatic N) is 2. The number of rotatable bonds is 6. The molecule has 0 fully saturated rings. The SMILES string of the molecule is Cc1cc(-c2ccc(Cc3nc4ccccc4nc3C(N)=O)s2)ccc1OC(C)C. The van der Waals surface area contributed by atoms with Crippen LogP contribution in [0.4, 0.5) is 0 Å². The Bertz CT molecular complexity index is 1230. The number of aryl methyl sites for hydroxylation is 1. The molecule has 4 aromatic rings. The van der Waals surface area contributed by atoms with Gasteiger partial charge in [-0.1, -0.05) is 12.1 Å². The second-order valence-corrected chi connectivity index (χ2v) is 8.63. The molecule has 152 valence electrons. The summed E-state index contributed by atoms with van der Waals surface area (Å²) in [5, 5.41) is 0. The van der Waals surface area contributed by atoms with Gasteiger partial charge in [-0.15, -0.1) is 11.3 Å². The topological polar surface area (TPSA) is 78.1 Å². The monoisotopic (exact) mass is 417 g/mol. The molecule has 6 heteroatoms. The van der Waals surface area contributed by atoms with E-state index in [0.717, 1.165) is 32.1 Å². The van der Waals surface area contributed by atoms with E-state index in [2.05, 4.69) is 41.2 Å². The van der Waals surface area contributed by atoms with Crippen LogP contribution in [0.25, 0.3) is 21.5 Å². The lowest BCUT2D eigenvalue weighted by molar-refractivity contribution is 0.0994. The predicted molar refractivity (Wildman–Crippen MR) is 121 cm³/mol. The standard InChI is InChI=1S/C24H23N3O2S/c1-14(2)29-21-10-8-16(12-15(21)3)22-11-9-17(30-22)13-20-23(24(25)28)27-19-7-5-4-6-18(19)26-20/h4-12,14H,13H2,1-3H3,(H2,25,28). The van der Waals surface area contributed by atoms with Gasteiger partial charge in [0.25, 0.3) is 5.91 Å². The molecule has 0 saturated heterocycles. The highest BCUT2D eigenvalue weighted by Gasteiger charge is 2.15. The average Bonchev–Trinajstić information content (AvgIpc) is 3.17. The van der Waals surface area contributed by atoms with Gasteiger partial charge in [0, 0.05) is 16.2 Å². The summed E-state index contributed by atoms with van der Waals surface area (Å²) in [7, 11) is 0. The van der Waals surface area contributed by atoms with Gasteiger partial charge in [-0.25, -0.2) is 9.97 Å². The molecular formula is C24H23N3O2S. The minimum atomic E-state index is -0.559. The summed E-state index contributed by atoms with van der Waals surface area (Å²) in [6, 6.07) is 17.9. The van der Waals surface area contributed by atoms with Crippen LogP contribution in [0.5, 0.6) is 5.75 Å². The summed E-state index contributed by atoms with van der Waals surface area (Å²) in [5.41, 5.74) is 10.1. The van der Waals surface area contributed by atoms with Crippen molar-refractivity contribution in [2.24, 2.45) is 5.73 Å². The summed E-state index contributed by atoms with van der Waals surface area (Å²) < 4.78 is 5.84. The molecule has 30 heavy (non-hydrogen) atoms. The van der Waals surface area contributed by atoms with Gasteiger partial charge < -0.3 is 10.5 Å². The molecule has 0 aliphatic heterocycles. The fourth-order valence-corrected chi connectivity index (χ4v) is 4.35. The van der Waals surface area contributed by atoms with Gasteiger partial charge in [0.15, 0.2) is 5.69 Å². The number of para-hydroxylation sites is 2. The predicted octanol–water partition coefficient (Wildman–Crippen LogP) is 5.14. The van der Waals surface area contributed by atoms with Crippen molar-refractivity contribution in [1.82, 2.24) is 9.97 Å². The van der Waals surface area contributed by atoms with Crippen LogP contribution in [0.15, 0.2) is 54.6 Å². The van der Waals surface area contributed by atoms with Crippen LogP contribution >= 0.6 is 11.3 Å². The third-order valence-corrected chi connectivity index (χ3v) is 5.84. The van der Waals surface area contributed by atoms with Crippen molar-refractivity contribution >= 4 is 28.3 Å². The number of amides is 1. The lowest BCUT2D eigenvalue weighted by Gasteiger charge is -2.13. The number of hydrogen-bond acceptors (Lipinski definition) is 5. The fourth-order valence-electron chi connectivity index (χ4n) is 3.34. The molecular weight excluding hydrogens is 394 g/mol. The van der Waals surface area contributed by atoms with E-state index >= 15 is 0 Å². The van der Waals surface area contributed by atoms with E-state index < -0.39 is 5.91 Å². The Morgan fingerprint density at radius 2 is 1.80 bits per heavy atom. The number of carbonyl (C=O) groups excluding carboxylic acids is 1. The molecule has 5 nitrogen and oxygen atoms in total. The maximum absolute atomic E-state index is 11.9. The smallest absolute Gasteiger partial charge is 0.269 e. The van der Waals surface area contributed by atoms with E-state index in [1.807, 2.05) is 44.2 Å². The van der Waals surface area contributed by atoms with Crippen molar-refractivity contribution in [3.63, 3.8) is 0 Å². The summed E-state index contributed by atoms with van der Waals surface area (Å²) in [4.78, 5) is 23.3. The first-order valence-corrected chi connectivity index (χ1v) is 10.6. The van der Waals surface area contributed by atoms with E-state index in [1.54, 1.807) is 11.3 Å². The Morgan fingerprint density at radius 1 is 1.07 bits per heavy atom. The van der Waals surface area contributed by atoms with Crippen molar-refractivity contribution in [2.45, 2.75) is 33.3 Å². The summed E-state index contributed by atoms with van der Waals surface area (Å²) in [5.74, 6) is 0.347. The molecule has 0 atom stereocenters. The minimum Gasteiger partial charge on any atom is -0.491 e. The van der Waals surface area contributed by atoms with Gasteiger partial charge >= 0.3 is 0 Å². The van der Waals surface area contributed by atoms with E-state index in [1.165, 1.54) is 0 Å². The zero-order valence-electron chi connectivity index (χ0n) is 17.2. The van der Waals surface area contributed by atoms with Crippen LogP contribution in [0.2, 0.25) is 0 Å². The summed E-state index contributed by atoms with van der Waals surface area (Å²) >= 11 is 1.67. The van der Waals surface area contributed by atoms with Crippen LogP contribution in [0, 0.1) is 6.92 Å². The highest BCUT2D eigenvalue weighted by atomic mass is 32.1. The second kappa shape index (κ2) is 8.24. The number of thiophene rings is 1. The van der Waals surface area contributed by atoms with Crippen LogP contribution in [-0.4, -0.2) is 22.0 Å². The van der Waals surface area contributed by atoms with Crippen molar-refractivity contribution < 1.29 is 9.53 Å². The number of aromatic nitrogens is 2. The molecule has 0 aliphatic rings. The van der Waals surface area contributed by atoms with Gasteiger partial charge in [-0.05, 0) is 74.4 Å². The van der Waals surface area contributed by atoms with Crippen molar-refractivity contribution in [1.29, 1.82) is 0 Å². The Kier molecular flexibility index (Phi) is 5.50. The number of benzene rings is 2. The Balaban J connectivity index is 1.63. The number of primary amides is 1. The first-order valence-electron chi connectivity index (χ1n) is 9.82. The first kappa shape index (κ1) is 20.0. The van der Waals surface area contributed by atoms with E-state index in [4.69, 9.17) is 10.5 Å². The van der Waals surface area contributed by atoms with Crippen LogP contribution < -0.4 is 10.5 Å². The number of fused-ring (bicyclic) bond motifs is 1. The van der Waals surface area contributed by atoms with Gasteiger partial charge in [-0.2, -0.15) is 0 Å². The van der Waals surface area contributed by atoms with Crippen molar-refractivity contribution in [3.05, 3.63) is 76.4 Å². The lowest BCUT2D eigenvalue weighted by Crippen LogP contribution is -2.17. The van der Waals surface area contributed by atoms with Gasteiger partial charge in [0.2, 0.25) is 0 Å². The normalized spacial score (nSPS) is 11.2. The molecule has 2 aromatic carbocycles. The fraction of sp³-hybridized carbons (Fsp3) is 0.208. The van der Waals surface area contributed by atoms with Gasteiger partial charge in [0.05, 0.1) is 22.8 Å². The van der Waals surface area contributed by atoms with E-state index in [0.29, 0.717) is 17.6 Å². The lowest BCUT2D eigenvalue weighted by atomic mass is 10.1. The second-order valence-electron chi connectivity index (χ2n) is 7.46. The molecule has 0 spiro atoms. The molecule has 0 saturated carbocycles. The zero-order valence-corrected chi connectivity index (χ0v) is 18.0. The van der Waals surface area contributed by atoms with Crippen molar-refractivity contribution in [2.75, 3.05) is 0 Å². The Hall–Kier alpha value is -3.25. The largest absolute Gasteiger partial charge is 0.491 e. The number of carbonyl (C=O) groups is 1. The van der Waals surface area contributed by atoms with Crippen LogP contribution in [-0.2, 0) is 6.42 Å². The summed E-state index contributed by atoms with van der Waals surface area (Å²) in [6.45, 7) is 6.10. The number of hydrogen-bond donors (Lipinski definition) is 1. The van der Waals surface area contributed by atoms with E-state index in [9.17, 15) is 4.79 Å². The highest BCUT2D eigenvalue weighted by Crippen LogP contribution is 2.33.